The summed E-state index contributed by atoms with van der Waals surface area (Å²) in [6, 6.07) is 9.78. The van der Waals surface area contributed by atoms with Gasteiger partial charge in [0, 0.05) is 30.5 Å². The molecule has 0 bridgehead atoms. The maximum Gasteiger partial charge on any atom is 0.230 e. The molecular weight excluding hydrogens is 304 g/mol. The van der Waals surface area contributed by atoms with Crippen LogP contribution in [0.25, 0.3) is 0 Å². The van der Waals surface area contributed by atoms with E-state index in [9.17, 15) is 4.79 Å². The average molecular weight is 324 g/mol. The molecule has 4 rings (SSSR count). The number of aromatic nitrogens is 1. The SMILES string of the molecule is CCN(C(=O)[C@H]1C[C@@H]1c1ccc2c(c1)OCCO2)c1ccncc1. The first-order valence-corrected chi connectivity index (χ1v) is 8.39. The molecule has 24 heavy (non-hydrogen) atoms. The van der Waals surface area contributed by atoms with Crippen molar-refractivity contribution in [3.63, 3.8) is 0 Å². The predicted molar refractivity (Wildman–Crippen MR) is 90.5 cm³/mol. The van der Waals surface area contributed by atoms with Gasteiger partial charge in [0.25, 0.3) is 0 Å². The van der Waals surface area contributed by atoms with Gasteiger partial charge in [-0.3, -0.25) is 9.78 Å². The summed E-state index contributed by atoms with van der Waals surface area (Å²) in [6.45, 7) is 3.83. The molecule has 2 atom stereocenters. The molecule has 1 aliphatic carbocycles. The van der Waals surface area contributed by atoms with Gasteiger partial charge in [0.15, 0.2) is 11.5 Å². The van der Waals surface area contributed by atoms with E-state index in [1.165, 1.54) is 0 Å². The Morgan fingerprint density at radius 1 is 1.17 bits per heavy atom. The van der Waals surface area contributed by atoms with Crippen LogP contribution in [0.1, 0.15) is 24.8 Å². The van der Waals surface area contributed by atoms with E-state index in [4.69, 9.17) is 9.47 Å². The monoisotopic (exact) mass is 324 g/mol. The minimum absolute atomic E-state index is 0.0423. The number of carbonyl (C=O) groups is 1. The molecule has 1 fully saturated rings. The highest BCUT2D eigenvalue weighted by molar-refractivity contribution is 5.97. The molecule has 0 unspecified atom stereocenters. The molecule has 1 amide bonds. The van der Waals surface area contributed by atoms with E-state index in [0.29, 0.717) is 19.8 Å². The molecule has 0 saturated heterocycles. The Labute approximate surface area is 141 Å². The molecule has 1 saturated carbocycles. The number of benzene rings is 1. The van der Waals surface area contributed by atoms with Crippen LogP contribution in [-0.4, -0.2) is 30.6 Å². The average Bonchev–Trinajstić information content (AvgIpc) is 3.43. The molecule has 0 N–H and O–H groups in total. The molecule has 0 radical (unpaired) electrons. The van der Waals surface area contributed by atoms with Crippen LogP contribution in [0.4, 0.5) is 5.69 Å². The molecule has 2 heterocycles. The Morgan fingerprint density at radius 2 is 1.92 bits per heavy atom. The Hall–Kier alpha value is -2.56. The zero-order chi connectivity index (χ0) is 16.5. The van der Waals surface area contributed by atoms with Gasteiger partial charge in [-0.2, -0.15) is 0 Å². The fraction of sp³-hybridized carbons (Fsp3) is 0.368. The van der Waals surface area contributed by atoms with Crippen molar-refractivity contribution in [1.82, 2.24) is 4.98 Å². The second-order valence-corrected chi connectivity index (χ2v) is 6.14. The van der Waals surface area contributed by atoms with Gasteiger partial charge in [-0.25, -0.2) is 0 Å². The lowest BCUT2D eigenvalue weighted by Crippen LogP contribution is -2.32. The minimum atomic E-state index is 0.0423. The third kappa shape index (κ3) is 2.70. The molecular formula is C19H20N2O3. The van der Waals surface area contributed by atoms with Crippen molar-refractivity contribution in [1.29, 1.82) is 0 Å². The van der Waals surface area contributed by atoms with Crippen molar-refractivity contribution in [2.75, 3.05) is 24.7 Å². The zero-order valence-electron chi connectivity index (χ0n) is 13.6. The van der Waals surface area contributed by atoms with E-state index in [1.54, 1.807) is 12.4 Å². The Bertz CT molecular complexity index is 748. The zero-order valence-corrected chi connectivity index (χ0v) is 13.6. The van der Waals surface area contributed by atoms with E-state index in [1.807, 2.05) is 42.2 Å². The van der Waals surface area contributed by atoms with Crippen LogP contribution in [0.2, 0.25) is 0 Å². The number of amides is 1. The molecule has 124 valence electrons. The molecule has 2 aliphatic rings. The second-order valence-electron chi connectivity index (χ2n) is 6.14. The number of hydrogen-bond donors (Lipinski definition) is 0. The van der Waals surface area contributed by atoms with Gasteiger partial charge in [-0.1, -0.05) is 6.07 Å². The lowest BCUT2D eigenvalue weighted by Gasteiger charge is -2.21. The second kappa shape index (κ2) is 6.15. The smallest absolute Gasteiger partial charge is 0.230 e. The van der Waals surface area contributed by atoms with Crippen LogP contribution in [-0.2, 0) is 4.79 Å². The third-order valence-corrected chi connectivity index (χ3v) is 4.66. The fourth-order valence-corrected chi connectivity index (χ4v) is 3.32. The number of anilines is 1. The highest BCUT2D eigenvalue weighted by atomic mass is 16.6. The van der Waals surface area contributed by atoms with Crippen molar-refractivity contribution in [2.24, 2.45) is 5.92 Å². The van der Waals surface area contributed by atoms with E-state index in [0.717, 1.165) is 29.2 Å². The Kier molecular flexibility index (Phi) is 3.84. The quantitative estimate of drug-likeness (QED) is 0.867. The first kappa shape index (κ1) is 15.0. The van der Waals surface area contributed by atoms with Crippen molar-refractivity contribution in [3.8, 4) is 11.5 Å². The van der Waals surface area contributed by atoms with Gasteiger partial charge in [0.2, 0.25) is 5.91 Å². The standard InChI is InChI=1S/C19H20N2O3/c1-2-21(14-5-7-20-8-6-14)19(22)16-12-15(16)13-3-4-17-18(11-13)24-10-9-23-17/h3-8,11,15-16H,2,9-10,12H2,1H3/t15-,16+/m1/s1. The largest absolute Gasteiger partial charge is 0.486 e. The third-order valence-electron chi connectivity index (χ3n) is 4.66. The first-order chi connectivity index (χ1) is 11.8. The van der Waals surface area contributed by atoms with Gasteiger partial charge >= 0.3 is 0 Å². The summed E-state index contributed by atoms with van der Waals surface area (Å²) in [6.07, 6.45) is 4.33. The van der Waals surface area contributed by atoms with Crippen LogP contribution in [0.15, 0.2) is 42.7 Å². The van der Waals surface area contributed by atoms with Crippen LogP contribution >= 0.6 is 0 Å². The number of nitrogens with zero attached hydrogens (tertiary/aromatic N) is 2. The summed E-state index contributed by atoms with van der Waals surface area (Å²) in [7, 11) is 0. The minimum Gasteiger partial charge on any atom is -0.486 e. The summed E-state index contributed by atoms with van der Waals surface area (Å²) >= 11 is 0. The summed E-state index contributed by atoms with van der Waals surface area (Å²) in [5, 5.41) is 0. The molecule has 1 aromatic heterocycles. The maximum absolute atomic E-state index is 12.9. The van der Waals surface area contributed by atoms with Crippen LogP contribution < -0.4 is 14.4 Å². The topological polar surface area (TPSA) is 51.7 Å². The lowest BCUT2D eigenvalue weighted by molar-refractivity contribution is -0.119. The number of pyridine rings is 1. The fourth-order valence-electron chi connectivity index (χ4n) is 3.32. The number of hydrogen-bond acceptors (Lipinski definition) is 4. The van der Waals surface area contributed by atoms with Gasteiger partial charge in [-0.05, 0) is 49.1 Å². The molecule has 5 nitrogen and oxygen atoms in total. The van der Waals surface area contributed by atoms with Crippen molar-refractivity contribution < 1.29 is 14.3 Å². The lowest BCUT2D eigenvalue weighted by atomic mass is 10.1. The van der Waals surface area contributed by atoms with E-state index < -0.39 is 0 Å². The van der Waals surface area contributed by atoms with Crippen molar-refractivity contribution in [3.05, 3.63) is 48.3 Å². The molecule has 5 heteroatoms. The number of rotatable bonds is 4. The van der Waals surface area contributed by atoms with Gasteiger partial charge < -0.3 is 14.4 Å². The van der Waals surface area contributed by atoms with Crippen LogP contribution in [0, 0.1) is 5.92 Å². The Morgan fingerprint density at radius 3 is 2.67 bits per heavy atom. The number of carbonyl (C=O) groups excluding carboxylic acids is 1. The van der Waals surface area contributed by atoms with Crippen molar-refractivity contribution in [2.45, 2.75) is 19.3 Å². The molecule has 0 spiro atoms. The van der Waals surface area contributed by atoms with E-state index >= 15 is 0 Å². The van der Waals surface area contributed by atoms with E-state index in [2.05, 4.69) is 4.98 Å². The first-order valence-electron chi connectivity index (χ1n) is 8.39. The molecule has 1 aliphatic heterocycles. The normalized spacial score (nSPS) is 21.2. The van der Waals surface area contributed by atoms with Crippen molar-refractivity contribution >= 4 is 11.6 Å². The summed E-state index contributed by atoms with van der Waals surface area (Å²) in [5.74, 6) is 2.08. The summed E-state index contributed by atoms with van der Waals surface area (Å²) in [4.78, 5) is 18.7. The van der Waals surface area contributed by atoms with Gasteiger partial charge in [-0.15, -0.1) is 0 Å². The van der Waals surface area contributed by atoms with Gasteiger partial charge in [0.05, 0.1) is 0 Å². The Balaban J connectivity index is 1.50. The van der Waals surface area contributed by atoms with E-state index in [-0.39, 0.29) is 17.7 Å². The predicted octanol–water partition coefficient (Wildman–Crippen LogP) is 3.01. The number of fused-ring (bicyclic) bond motifs is 1. The highest BCUT2D eigenvalue weighted by Crippen LogP contribution is 2.50. The van der Waals surface area contributed by atoms with Crippen LogP contribution in [0.5, 0.6) is 11.5 Å². The highest BCUT2D eigenvalue weighted by Gasteiger charge is 2.46. The van der Waals surface area contributed by atoms with Gasteiger partial charge in [0.1, 0.15) is 13.2 Å². The maximum atomic E-state index is 12.9. The summed E-state index contributed by atoms with van der Waals surface area (Å²) < 4.78 is 11.2. The summed E-state index contributed by atoms with van der Waals surface area (Å²) in [5.41, 5.74) is 2.06. The number of ether oxygens (including phenoxy) is 2. The van der Waals surface area contributed by atoms with Crippen LogP contribution in [0.3, 0.4) is 0 Å². The molecule has 1 aromatic carbocycles. The molecule has 2 aromatic rings.